The lowest BCUT2D eigenvalue weighted by Gasteiger charge is -2.02. The van der Waals surface area contributed by atoms with E-state index in [0.717, 1.165) is 27.6 Å². The van der Waals surface area contributed by atoms with Crippen LogP contribution in [-0.4, -0.2) is 12.0 Å². The summed E-state index contributed by atoms with van der Waals surface area (Å²) < 4.78 is 0.930. The molecule has 0 fully saturated rings. The zero-order valence-corrected chi connectivity index (χ0v) is 12.5. The third-order valence-electron chi connectivity index (χ3n) is 2.44. The number of anilines is 1. The summed E-state index contributed by atoms with van der Waals surface area (Å²) >= 11 is 11.3. The van der Waals surface area contributed by atoms with Crippen molar-refractivity contribution in [3.63, 3.8) is 0 Å². The Balaban J connectivity index is 2.07. The van der Waals surface area contributed by atoms with Gasteiger partial charge in [0.1, 0.15) is 4.60 Å². The first-order chi connectivity index (χ1) is 8.20. The number of hydrogen-bond donors (Lipinski definition) is 1. The van der Waals surface area contributed by atoms with E-state index >= 15 is 0 Å². The van der Waals surface area contributed by atoms with Gasteiger partial charge in [0.2, 0.25) is 0 Å². The molecule has 0 aliphatic heterocycles. The molecule has 0 saturated carbocycles. The normalized spacial score (nSPS) is 10.5. The van der Waals surface area contributed by atoms with Gasteiger partial charge in [-0.2, -0.15) is 0 Å². The second-order valence-electron chi connectivity index (χ2n) is 3.57. The maximum atomic E-state index is 6.13. The summed E-state index contributed by atoms with van der Waals surface area (Å²) in [6.45, 7) is 0. The van der Waals surface area contributed by atoms with Crippen LogP contribution in [0.25, 0.3) is 0 Å². The van der Waals surface area contributed by atoms with Gasteiger partial charge in [-0.1, -0.05) is 29.8 Å². The Morgan fingerprint density at radius 2 is 2.12 bits per heavy atom. The molecule has 0 radical (unpaired) electrons. The Bertz CT molecular complexity index is 513. The third-order valence-corrected chi connectivity index (χ3v) is 4.86. The van der Waals surface area contributed by atoms with Crippen molar-refractivity contribution in [1.82, 2.24) is 4.98 Å². The lowest BCUT2D eigenvalue weighted by Crippen LogP contribution is -1.90. The first kappa shape index (κ1) is 12.9. The summed E-state index contributed by atoms with van der Waals surface area (Å²) in [7, 11) is 1.88. The predicted molar refractivity (Wildman–Crippen MR) is 78.2 cm³/mol. The minimum absolute atomic E-state index is 0.835. The molecule has 0 atom stereocenters. The van der Waals surface area contributed by atoms with Gasteiger partial charge in [0.25, 0.3) is 0 Å². The average molecular weight is 332 g/mol. The van der Waals surface area contributed by atoms with E-state index in [1.807, 2.05) is 25.2 Å². The SMILES string of the molecule is CNc1nc(Br)c(CCc2ccccc2Cl)s1. The van der Waals surface area contributed by atoms with Gasteiger partial charge in [0, 0.05) is 16.9 Å². The number of nitrogens with zero attached hydrogens (tertiary/aromatic N) is 1. The van der Waals surface area contributed by atoms with Crippen LogP contribution < -0.4 is 5.32 Å². The molecule has 0 saturated heterocycles. The van der Waals surface area contributed by atoms with Gasteiger partial charge in [-0.05, 0) is 40.4 Å². The van der Waals surface area contributed by atoms with Crippen LogP contribution in [-0.2, 0) is 12.8 Å². The molecule has 0 aliphatic carbocycles. The van der Waals surface area contributed by atoms with Crippen molar-refractivity contribution in [2.45, 2.75) is 12.8 Å². The van der Waals surface area contributed by atoms with Crippen LogP contribution in [0.15, 0.2) is 28.9 Å². The van der Waals surface area contributed by atoms with Gasteiger partial charge in [0.05, 0.1) is 0 Å². The number of thiazole rings is 1. The minimum atomic E-state index is 0.835. The molecule has 1 aromatic carbocycles. The molecule has 1 heterocycles. The average Bonchev–Trinajstić information content (AvgIpc) is 2.69. The first-order valence-electron chi connectivity index (χ1n) is 5.27. The maximum absolute atomic E-state index is 6.13. The van der Waals surface area contributed by atoms with Crippen LogP contribution in [0.2, 0.25) is 5.02 Å². The fourth-order valence-corrected chi connectivity index (χ4v) is 3.32. The highest BCUT2D eigenvalue weighted by atomic mass is 79.9. The molecule has 1 N–H and O–H groups in total. The predicted octanol–water partition coefficient (Wildman–Crippen LogP) is 4.39. The number of halogens is 2. The Hall–Kier alpha value is -0.580. The summed E-state index contributed by atoms with van der Waals surface area (Å²) in [5.41, 5.74) is 1.18. The molecule has 1 aromatic heterocycles. The van der Waals surface area contributed by atoms with E-state index in [4.69, 9.17) is 11.6 Å². The number of benzene rings is 1. The monoisotopic (exact) mass is 330 g/mol. The van der Waals surface area contributed by atoms with Gasteiger partial charge in [-0.25, -0.2) is 4.98 Å². The zero-order chi connectivity index (χ0) is 12.3. The van der Waals surface area contributed by atoms with Crippen LogP contribution in [0.4, 0.5) is 5.13 Å². The van der Waals surface area contributed by atoms with Gasteiger partial charge >= 0.3 is 0 Å². The van der Waals surface area contributed by atoms with E-state index in [1.165, 1.54) is 10.4 Å². The molecule has 5 heteroatoms. The van der Waals surface area contributed by atoms with Crippen LogP contribution in [0.5, 0.6) is 0 Å². The fourth-order valence-electron chi connectivity index (χ4n) is 1.54. The number of hydrogen-bond acceptors (Lipinski definition) is 3. The topological polar surface area (TPSA) is 24.9 Å². The minimum Gasteiger partial charge on any atom is -0.365 e. The summed E-state index contributed by atoms with van der Waals surface area (Å²) in [6, 6.07) is 7.96. The van der Waals surface area contributed by atoms with Gasteiger partial charge in [-0.15, -0.1) is 11.3 Å². The lowest BCUT2D eigenvalue weighted by atomic mass is 10.1. The van der Waals surface area contributed by atoms with Crippen molar-refractivity contribution in [1.29, 1.82) is 0 Å². The molecular weight excluding hydrogens is 320 g/mol. The zero-order valence-electron chi connectivity index (χ0n) is 9.34. The van der Waals surface area contributed by atoms with E-state index in [0.29, 0.717) is 0 Å². The Morgan fingerprint density at radius 1 is 1.35 bits per heavy atom. The first-order valence-corrected chi connectivity index (χ1v) is 7.26. The fraction of sp³-hybridized carbons (Fsp3) is 0.250. The second-order valence-corrected chi connectivity index (χ2v) is 5.82. The van der Waals surface area contributed by atoms with Gasteiger partial charge < -0.3 is 5.32 Å². The molecular formula is C12H12BrClN2S. The number of aromatic nitrogens is 1. The standard InChI is InChI=1S/C12H12BrClN2S/c1-15-12-16-11(13)10(17-12)7-6-8-4-2-3-5-9(8)14/h2-5H,6-7H2,1H3,(H,15,16). The largest absolute Gasteiger partial charge is 0.365 e. The number of rotatable bonds is 4. The smallest absolute Gasteiger partial charge is 0.183 e. The number of aryl methyl sites for hydroxylation is 2. The third kappa shape index (κ3) is 3.21. The van der Waals surface area contributed by atoms with Crippen molar-refractivity contribution in [2.75, 3.05) is 12.4 Å². The van der Waals surface area contributed by atoms with Crippen molar-refractivity contribution < 1.29 is 0 Å². The van der Waals surface area contributed by atoms with Crippen LogP contribution in [0.3, 0.4) is 0 Å². The van der Waals surface area contributed by atoms with E-state index in [2.05, 4.69) is 32.3 Å². The summed E-state index contributed by atoms with van der Waals surface area (Å²) in [6.07, 6.45) is 1.88. The highest BCUT2D eigenvalue weighted by Gasteiger charge is 2.08. The van der Waals surface area contributed by atoms with E-state index < -0.39 is 0 Å². The molecule has 2 rings (SSSR count). The second kappa shape index (κ2) is 5.85. The van der Waals surface area contributed by atoms with E-state index in [9.17, 15) is 0 Å². The molecule has 0 aliphatic rings. The van der Waals surface area contributed by atoms with Crippen LogP contribution >= 0.6 is 38.9 Å². The van der Waals surface area contributed by atoms with Crippen LogP contribution in [0.1, 0.15) is 10.4 Å². The lowest BCUT2D eigenvalue weighted by molar-refractivity contribution is 0.970. The highest BCUT2D eigenvalue weighted by Crippen LogP contribution is 2.28. The molecule has 2 aromatic rings. The Kier molecular flexibility index (Phi) is 4.42. The van der Waals surface area contributed by atoms with Crippen molar-refractivity contribution in [2.24, 2.45) is 0 Å². The van der Waals surface area contributed by atoms with Crippen molar-refractivity contribution >= 4 is 44.0 Å². The van der Waals surface area contributed by atoms with Crippen molar-refractivity contribution in [3.05, 3.63) is 44.3 Å². The Labute approximate surface area is 118 Å². The summed E-state index contributed by atoms with van der Waals surface area (Å²) in [4.78, 5) is 5.60. The Morgan fingerprint density at radius 3 is 2.76 bits per heavy atom. The van der Waals surface area contributed by atoms with Crippen molar-refractivity contribution in [3.8, 4) is 0 Å². The van der Waals surface area contributed by atoms with Gasteiger partial charge in [0.15, 0.2) is 5.13 Å². The molecule has 2 nitrogen and oxygen atoms in total. The summed E-state index contributed by atoms with van der Waals surface area (Å²) in [5.74, 6) is 0. The van der Waals surface area contributed by atoms with Gasteiger partial charge in [-0.3, -0.25) is 0 Å². The molecule has 0 spiro atoms. The molecule has 17 heavy (non-hydrogen) atoms. The van der Waals surface area contributed by atoms with E-state index in [1.54, 1.807) is 11.3 Å². The highest BCUT2D eigenvalue weighted by molar-refractivity contribution is 9.10. The summed E-state index contributed by atoms with van der Waals surface area (Å²) in [5, 5.41) is 4.82. The molecule has 0 unspecified atom stereocenters. The molecule has 0 amide bonds. The molecule has 0 bridgehead atoms. The number of nitrogens with one attached hydrogen (secondary N) is 1. The quantitative estimate of drug-likeness (QED) is 0.899. The maximum Gasteiger partial charge on any atom is 0.183 e. The van der Waals surface area contributed by atoms with Crippen LogP contribution in [0, 0.1) is 0 Å². The van der Waals surface area contributed by atoms with E-state index in [-0.39, 0.29) is 0 Å². The molecule has 90 valence electrons.